The second-order valence-corrected chi connectivity index (χ2v) is 5.87. The molecule has 20 heavy (non-hydrogen) atoms. The van der Waals surface area contributed by atoms with Gasteiger partial charge in [0.2, 0.25) is 5.91 Å². The van der Waals surface area contributed by atoms with Gasteiger partial charge in [-0.3, -0.25) is 4.79 Å². The van der Waals surface area contributed by atoms with Gasteiger partial charge in [0, 0.05) is 13.1 Å². The first-order valence-electron chi connectivity index (χ1n) is 6.66. The molecule has 0 saturated carbocycles. The summed E-state index contributed by atoms with van der Waals surface area (Å²) in [6.45, 7) is 6.52. The number of nitrogens with zero attached hydrogens (tertiary/aromatic N) is 1. The smallest absolute Gasteiger partial charge is 0.408 e. The van der Waals surface area contributed by atoms with E-state index in [-0.39, 0.29) is 12.5 Å². The third-order valence-electron chi connectivity index (χ3n) is 2.98. The number of benzene rings is 1. The van der Waals surface area contributed by atoms with Crippen molar-refractivity contribution < 1.29 is 14.3 Å². The lowest BCUT2D eigenvalue weighted by Gasteiger charge is -2.20. The van der Waals surface area contributed by atoms with Gasteiger partial charge in [-0.05, 0) is 31.9 Å². The molecule has 0 unspecified atom stereocenters. The third-order valence-corrected chi connectivity index (χ3v) is 2.98. The summed E-state index contributed by atoms with van der Waals surface area (Å²) in [7, 11) is 0. The third kappa shape index (κ3) is 3.73. The average molecular weight is 276 g/mol. The van der Waals surface area contributed by atoms with Gasteiger partial charge in [0.1, 0.15) is 12.1 Å². The maximum atomic E-state index is 12.0. The molecule has 0 fully saturated rings. The molecule has 0 spiro atoms. The molecule has 5 heteroatoms. The van der Waals surface area contributed by atoms with Gasteiger partial charge in [0.15, 0.2) is 0 Å². The van der Waals surface area contributed by atoms with E-state index >= 15 is 0 Å². The quantitative estimate of drug-likeness (QED) is 0.899. The van der Waals surface area contributed by atoms with Crippen molar-refractivity contribution in [2.24, 2.45) is 0 Å². The number of amides is 2. The van der Waals surface area contributed by atoms with Crippen LogP contribution in [0.3, 0.4) is 0 Å². The number of rotatable bonds is 2. The van der Waals surface area contributed by atoms with E-state index in [0.717, 1.165) is 11.1 Å². The second kappa shape index (κ2) is 5.53. The molecule has 1 aliphatic heterocycles. The van der Waals surface area contributed by atoms with Crippen LogP contribution in [0.15, 0.2) is 24.3 Å². The molecule has 0 aromatic heterocycles. The fourth-order valence-electron chi connectivity index (χ4n) is 2.08. The largest absolute Gasteiger partial charge is 0.444 e. The Morgan fingerprint density at radius 1 is 1.20 bits per heavy atom. The highest BCUT2D eigenvalue weighted by Gasteiger charge is 2.23. The topological polar surface area (TPSA) is 58.6 Å². The Labute approximate surface area is 118 Å². The molecule has 1 aliphatic rings. The normalized spacial score (nSPS) is 13.8. The summed E-state index contributed by atoms with van der Waals surface area (Å²) >= 11 is 0. The van der Waals surface area contributed by atoms with Crippen LogP contribution < -0.4 is 5.32 Å². The van der Waals surface area contributed by atoms with Gasteiger partial charge in [0.05, 0.1) is 0 Å². The summed E-state index contributed by atoms with van der Waals surface area (Å²) < 4.78 is 5.09. The second-order valence-electron chi connectivity index (χ2n) is 5.87. The standard InChI is InChI=1S/C15H20N2O3/c1-15(2,3)20-14(19)16-8-13(18)17-9-11-6-4-5-7-12(11)10-17/h4-7H,8-10H2,1-3H3,(H,16,19). The van der Waals surface area contributed by atoms with Crippen molar-refractivity contribution in [1.82, 2.24) is 10.2 Å². The predicted molar refractivity (Wildman–Crippen MR) is 74.9 cm³/mol. The number of hydrogen-bond donors (Lipinski definition) is 1. The number of carbonyl (C=O) groups is 2. The van der Waals surface area contributed by atoms with Gasteiger partial charge >= 0.3 is 6.09 Å². The molecule has 1 heterocycles. The van der Waals surface area contributed by atoms with Gasteiger partial charge in [-0.2, -0.15) is 0 Å². The zero-order chi connectivity index (χ0) is 14.8. The number of carbonyl (C=O) groups excluding carboxylic acids is 2. The molecular weight excluding hydrogens is 256 g/mol. The zero-order valence-electron chi connectivity index (χ0n) is 12.1. The van der Waals surface area contributed by atoms with Crippen LogP contribution in [0.4, 0.5) is 4.79 Å². The van der Waals surface area contributed by atoms with Crippen LogP contribution in [0.5, 0.6) is 0 Å². The van der Waals surface area contributed by atoms with Crippen molar-refractivity contribution in [1.29, 1.82) is 0 Å². The molecule has 2 rings (SSSR count). The van der Waals surface area contributed by atoms with E-state index in [4.69, 9.17) is 4.74 Å². The highest BCUT2D eigenvalue weighted by Crippen LogP contribution is 2.21. The molecule has 0 saturated heterocycles. The summed E-state index contributed by atoms with van der Waals surface area (Å²) in [6, 6.07) is 7.96. The Morgan fingerprint density at radius 2 is 1.75 bits per heavy atom. The van der Waals surface area contributed by atoms with Crippen molar-refractivity contribution in [3.8, 4) is 0 Å². The molecular formula is C15H20N2O3. The predicted octanol–water partition coefficient (Wildman–Crippen LogP) is 2.05. The first kappa shape index (κ1) is 14.4. The van der Waals surface area contributed by atoms with E-state index in [1.54, 1.807) is 25.7 Å². The monoisotopic (exact) mass is 276 g/mol. The van der Waals surface area contributed by atoms with E-state index < -0.39 is 11.7 Å². The van der Waals surface area contributed by atoms with Crippen molar-refractivity contribution in [2.75, 3.05) is 6.54 Å². The number of nitrogens with one attached hydrogen (secondary N) is 1. The van der Waals surface area contributed by atoms with Crippen molar-refractivity contribution in [3.05, 3.63) is 35.4 Å². The van der Waals surface area contributed by atoms with Crippen molar-refractivity contribution >= 4 is 12.0 Å². The molecule has 1 aromatic carbocycles. The van der Waals surface area contributed by atoms with Crippen LogP contribution in [-0.2, 0) is 22.6 Å². The van der Waals surface area contributed by atoms with E-state index in [1.807, 2.05) is 24.3 Å². The van der Waals surface area contributed by atoms with Crippen molar-refractivity contribution in [3.63, 3.8) is 0 Å². The lowest BCUT2D eigenvalue weighted by molar-refractivity contribution is -0.130. The Morgan fingerprint density at radius 3 is 2.25 bits per heavy atom. The average Bonchev–Trinajstić information content (AvgIpc) is 2.77. The van der Waals surface area contributed by atoms with E-state index in [9.17, 15) is 9.59 Å². The number of ether oxygens (including phenoxy) is 1. The summed E-state index contributed by atoms with van der Waals surface area (Å²) in [5, 5.41) is 2.49. The van der Waals surface area contributed by atoms with Crippen LogP contribution in [0.25, 0.3) is 0 Å². The van der Waals surface area contributed by atoms with Crippen LogP contribution in [0, 0.1) is 0 Å². The maximum absolute atomic E-state index is 12.0. The Bertz CT molecular complexity index is 495. The summed E-state index contributed by atoms with van der Waals surface area (Å²) in [6.07, 6.45) is -0.567. The summed E-state index contributed by atoms with van der Waals surface area (Å²) in [4.78, 5) is 25.3. The van der Waals surface area contributed by atoms with Gasteiger partial charge in [0.25, 0.3) is 0 Å². The lowest BCUT2D eigenvalue weighted by Crippen LogP contribution is -2.40. The molecule has 2 amide bonds. The fourth-order valence-corrected chi connectivity index (χ4v) is 2.08. The molecule has 108 valence electrons. The van der Waals surface area contributed by atoms with E-state index in [0.29, 0.717) is 13.1 Å². The SMILES string of the molecule is CC(C)(C)OC(=O)NCC(=O)N1Cc2ccccc2C1. The molecule has 1 aromatic rings. The number of fused-ring (bicyclic) bond motifs is 1. The lowest BCUT2D eigenvalue weighted by atomic mass is 10.1. The minimum atomic E-state index is -0.567. The maximum Gasteiger partial charge on any atom is 0.408 e. The minimum absolute atomic E-state index is 0.0388. The minimum Gasteiger partial charge on any atom is -0.444 e. The Hall–Kier alpha value is -2.04. The molecule has 5 nitrogen and oxygen atoms in total. The highest BCUT2D eigenvalue weighted by atomic mass is 16.6. The van der Waals surface area contributed by atoms with Crippen LogP contribution in [0.2, 0.25) is 0 Å². The van der Waals surface area contributed by atoms with Gasteiger partial charge < -0.3 is 15.0 Å². The molecule has 0 bridgehead atoms. The van der Waals surface area contributed by atoms with E-state index in [1.165, 1.54) is 0 Å². The summed E-state index contributed by atoms with van der Waals surface area (Å²) in [5.74, 6) is -0.105. The first-order chi connectivity index (χ1) is 9.35. The van der Waals surface area contributed by atoms with Crippen LogP contribution in [-0.4, -0.2) is 29.0 Å². The molecule has 1 N–H and O–H groups in total. The highest BCUT2D eigenvalue weighted by molar-refractivity contribution is 5.82. The number of hydrogen-bond acceptors (Lipinski definition) is 3. The molecule has 0 aliphatic carbocycles. The molecule has 0 radical (unpaired) electrons. The molecule has 0 atom stereocenters. The van der Waals surface area contributed by atoms with Gasteiger partial charge in [-0.1, -0.05) is 24.3 Å². The first-order valence-corrected chi connectivity index (χ1v) is 6.66. The van der Waals surface area contributed by atoms with E-state index in [2.05, 4.69) is 5.32 Å². The Balaban J connectivity index is 1.81. The Kier molecular flexibility index (Phi) is 3.97. The van der Waals surface area contributed by atoms with Gasteiger partial charge in [-0.15, -0.1) is 0 Å². The van der Waals surface area contributed by atoms with Crippen LogP contribution >= 0.6 is 0 Å². The zero-order valence-corrected chi connectivity index (χ0v) is 12.1. The van der Waals surface area contributed by atoms with Gasteiger partial charge in [-0.25, -0.2) is 4.79 Å². The summed E-state index contributed by atoms with van der Waals surface area (Å²) in [5.41, 5.74) is 1.77. The van der Waals surface area contributed by atoms with Crippen molar-refractivity contribution in [2.45, 2.75) is 39.5 Å². The van der Waals surface area contributed by atoms with Crippen LogP contribution in [0.1, 0.15) is 31.9 Å². The number of alkyl carbamates (subject to hydrolysis) is 1. The fraction of sp³-hybridized carbons (Fsp3) is 0.467.